The molecule has 0 radical (unpaired) electrons. The second-order valence-electron chi connectivity index (χ2n) is 3.37. The van der Waals surface area contributed by atoms with Crippen molar-refractivity contribution in [2.45, 2.75) is 3.79 Å². The van der Waals surface area contributed by atoms with Gasteiger partial charge in [0.1, 0.15) is 12.4 Å². The minimum atomic E-state index is -1.73. The number of alkyl halides is 3. The first kappa shape index (κ1) is 15.8. The fourth-order valence-electron chi connectivity index (χ4n) is 1.18. The average molecular weight is 324 g/mol. The van der Waals surface area contributed by atoms with E-state index in [1.54, 1.807) is 12.1 Å². The van der Waals surface area contributed by atoms with Crippen LogP contribution in [0.1, 0.15) is 5.56 Å². The Morgan fingerprint density at radius 1 is 1.32 bits per heavy atom. The summed E-state index contributed by atoms with van der Waals surface area (Å²) in [5.41, 5.74) is 8.91. The Morgan fingerprint density at radius 3 is 2.32 bits per heavy atom. The summed E-state index contributed by atoms with van der Waals surface area (Å²) in [6, 6.07) is 6.26. The van der Waals surface area contributed by atoms with Crippen LogP contribution < -0.4 is 4.74 Å². The van der Waals surface area contributed by atoms with E-state index in [0.29, 0.717) is 11.3 Å². The number of carbonyl (C=O) groups excluding carboxylic acids is 1. The van der Waals surface area contributed by atoms with Gasteiger partial charge >= 0.3 is 11.7 Å². The first-order valence-corrected chi connectivity index (χ1v) is 6.11. The lowest BCUT2D eigenvalue weighted by atomic mass is 10.1. The molecule has 8 heteroatoms. The normalized spacial score (nSPS) is 10.5. The van der Waals surface area contributed by atoms with Crippen LogP contribution in [0.5, 0.6) is 5.75 Å². The molecule has 0 saturated heterocycles. The van der Waals surface area contributed by atoms with Gasteiger partial charge < -0.3 is 15.0 Å². The molecule has 0 fully saturated rings. The van der Waals surface area contributed by atoms with E-state index in [-0.39, 0.29) is 5.71 Å². The van der Waals surface area contributed by atoms with Gasteiger partial charge in [-0.3, -0.25) is 0 Å². The van der Waals surface area contributed by atoms with Gasteiger partial charge in [-0.15, -0.1) is 0 Å². The first-order valence-electron chi connectivity index (χ1n) is 4.97. The number of rotatable bonds is 4. The summed E-state index contributed by atoms with van der Waals surface area (Å²) in [7, 11) is 1.51. The van der Waals surface area contributed by atoms with Crippen LogP contribution in [-0.4, -0.2) is 34.0 Å². The summed E-state index contributed by atoms with van der Waals surface area (Å²) in [6.07, 6.45) is 0. The summed E-state index contributed by atoms with van der Waals surface area (Å²) in [5, 5.41) is 0. The maximum atomic E-state index is 11.7. The van der Waals surface area contributed by atoms with Gasteiger partial charge in [-0.2, -0.15) is 4.79 Å². The van der Waals surface area contributed by atoms with Gasteiger partial charge in [0.2, 0.25) is 3.79 Å². The van der Waals surface area contributed by atoms with Gasteiger partial charge in [0.25, 0.3) is 0 Å². The van der Waals surface area contributed by atoms with Crippen molar-refractivity contribution >= 4 is 46.5 Å². The monoisotopic (exact) mass is 322 g/mol. The van der Waals surface area contributed by atoms with Crippen LogP contribution in [0.3, 0.4) is 0 Å². The number of benzene rings is 1. The van der Waals surface area contributed by atoms with E-state index < -0.39 is 16.4 Å². The van der Waals surface area contributed by atoms with Crippen molar-refractivity contribution < 1.29 is 19.1 Å². The van der Waals surface area contributed by atoms with Crippen LogP contribution >= 0.6 is 34.8 Å². The third-order valence-electron chi connectivity index (χ3n) is 2.02. The van der Waals surface area contributed by atoms with Crippen molar-refractivity contribution in [3.63, 3.8) is 0 Å². The van der Waals surface area contributed by atoms with E-state index in [4.69, 9.17) is 49.8 Å². The van der Waals surface area contributed by atoms with Crippen molar-refractivity contribution in [1.82, 2.24) is 0 Å². The van der Waals surface area contributed by atoms with Crippen molar-refractivity contribution in [2.75, 3.05) is 13.7 Å². The van der Waals surface area contributed by atoms with Crippen LogP contribution in [0, 0.1) is 0 Å². The molecular weight excluding hydrogens is 314 g/mol. The summed E-state index contributed by atoms with van der Waals surface area (Å²) in [6.45, 7) is -0.453. The molecule has 0 N–H and O–H groups in total. The third kappa shape index (κ3) is 5.09. The van der Waals surface area contributed by atoms with Crippen LogP contribution in [0.25, 0.3) is 5.53 Å². The van der Waals surface area contributed by atoms with E-state index in [1.165, 1.54) is 19.2 Å². The molecule has 0 aliphatic carbocycles. The number of methoxy groups -OCH3 is 1. The smallest absolute Gasteiger partial charge is 0.422 e. The number of halogens is 3. The predicted octanol–water partition coefficient (Wildman–Crippen LogP) is 2.63. The maximum Gasteiger partial charge on any atom is 0.422 e. The Hall–Kier alpha value is -1.26. The zero-order valence-electron chi connectivity index (χ0n) is 9.77. The molecular formula is C11H9Cl3N2O3. The lowest BCUT2D eigenvalue weighted by Crippen LogP contribution is -2.24. The van der Waals surface area contributed by atoms with E-state index >= 15 is 0 Å². The van der Waals surface area contributed by atoms with Gasteiger partial charge in [0.05, 0.1) is 12.7 Å². The van der Waals surface area contributed by atoms with Gasteiger partial charge in [-0.1, -0.05) is 34.8 Å². The minimum Gasteiger partial charge on any atom is -0.497 e. The molecule has 5 nitrogen and oxygen atoms in total. The summed E-state index contributed by atoms with van der Waals surface area (Å²) < 4.78 is 7.95. The highest BCUT2D eigenvalue weighted by molar-refractivity contribution is 6.67. The second kappa shape index (κ2) is 6.78. The molecule has 0 heterocycles. The molecule has 1 aromatic rings. The van der Waals surface area contributed by atoms with Crippen molar-refractivity contribution in [3.8, 4) is 5.75 Å². The zero-order valence-corrected chi connectivity index (χ0v) is 12.0. The van der Waals surface area contributed by atoms with Crippen LogP contribution in [0.4, 0.5) is 0 Å². The standard InChI is InChI=1S/C11H9Cl3N2O3/c1-18-8-4-2-7(3-5-8)9(16-15)10(17)19-6-11(12,13)14/h2-5H,6H2,1H3. The molecule has 0 atom stereocenters. The summed E-state index contributed by atoms with van der Waals surface area (Å²) in [5.74, 6) is -0.310. The Balaban J connectivity index is 2.83. The predicted molar refractivity (Wildman–Crippen MR) is 72.0 cm³/mol. The Bertz CT molecular complexity index is 505. The van der Waals surface area contributed by atoms with E-state index in [1.807, 2.05) is 0 Å². The lowest BCUT2D eigenvalue weighted by molar-refractivity contribution is -0.139. The Morgan fingerprint density at radius 2 is 1.89 bits per heavy atom. The zero-order chi connectivity index (χ0) is 14.5. The quantitative estimate of drug-likeness (QED) is 0.281. The molecule has 0 aliphatic heterocycles. The highest BCUT2D eigenvalue weighted by Gasteiger charge is 2.29. The Kier molecular flexibility index (Phi) is 5.63. The van der Waals surface area contributed by atoms with Gasteiger partial charge in [0, 0.05) is 0 Å². The molecule has 0 aliphatic rings. The van der Waals surface area contributed by atoms with Crippen LogP contribution in [0.15, 0.2) is 24.3 Å². The fraction of sp³-hybridized carbons (Fsp3) is 0.273. The second-order valence-corrected chi connectivity index (χ2v) is 5.88. The highest BCUT2D eigenvalue weighted by atomic mass is 35.6. The van der Waals surface area contributed by atoms with E-state index in [0.717, 1.165) is 0 Å². The van der Waals surface area contributed by atoms with E-state index in [9.17, 15) is 4.79 Å². The number of hydrogen-bond donors (Lipinski definition) is 0. The SMILES string of the molecule is COc1ccc(C(=[N+]=[N-])C(=O)OCC(Cl)(Cl)Cl)cc1. The van der Waals surface area contributed by atoms with Gasteiger partial charge in [0.15, 0.2) is 0 Å². The minimum absolute atomic E-state index is 0.295. The molecule has 0 unspecified atom stereocenters. The number of ether oxygens (including phenoxy) is 2. The lowest BCUT2D eigenvalue weighted by Gasteiger charge is -2.09. The van der Waals surface area contributed by atoms with Crippen molar-refractivity contribution in [2.24, 2.45) is 0 Å². The molecule has 0 saturated carbocycles. The largest absolute Gasteiger partial charge is 0.497 e. The molecule has 0 aromatic heterocycles. The average Bonchev–Trinajstić information content (AvgIpc) is 2.37. The van der Waals surface area contributed by atoms with Crippen LogP contribution in [-0.2, 0) is 9.53 Å². The molecule has 19 heavy (non-hydrogen) atoms. The molecule has 0 amide bonds. The topological polar surface area (TPSA) is 71.9 Å². The van der Waals surface area contributed by atoms with Gasteiger partial charge in [-0.05, 0) is 24.3 Å². The molecule has 1 rings (SSSR count). The third-order valence-corrected chi connectivity index (χ3v) is 2.35. The molecule has 1 aromatic carbocycles. The highest BCUT2D eigenvalue weighted by Crippen LogP contribution is 2.26. The van der Waals surface area contributed by atoms with Crippen molar-refractivity contribution in [3.05, 3.63) is 35.4 Å². The van der Waals surface area contributed by atoms with E-state index in [2.05, 4.69) is 4.79 Å². The maximum absolute atomic E-state index is 11.7. The number of nitrogens with zero attached hydrogens (tertiary/aromatic N) is 2. The van der Waals surface area contributed by atoms with Gasteiger partial charge in [-0.25, -0.2) is 4.79 Å². The molecule has 0 spiro atoms. The van der Waals surface area contributed by atoms with Crippen molar-refractivity contribution in [1.29, 1.82) is 0 Å². The van der Waals surface area contributed by atoms with Crippen LogP contribution in [0.2, 0.25) is 0 Å². The summed E-state index contributed by atoms with van der Waals surface area (Å²) >= 11 is 16.3. The first-order chi connectivity index (χ1) is 8.87. The number of esters is 1. The number of hydrogen-bond acceptors (Lipinski definition) is 3. The fourth-order valence-corrected chi connectivity index (χ4v) is 1.34. The molecule has 102 valence electrons. The Labute approximate surface area is 124 Å². The number of carbonyl (C=O) groups is 1. The molecule has 0 bridgehead atoms. The summed E-state index contributed by atoms with van der Waals surface area (Å²) in [4.78, 5) is 14.5.